The summed E-state index contributed by atoms with van der Waals surface area (Å²) in [5.41, 5.74) is 0.218. The largest absolute Gasteiger partial charge is 0.453 e. The minimum atomic E-state index is -0.791. The molecule has 27 heavy (non-hydrogen) atoms. The van der Waals surface area contributed by atoms with Crippen molar-refractivity contribution in [3.63, 3.8) is 0 Å². The molecule has 2 bridgehead atoms. The molecule has 1 heterocycles. The van der Waals surface area contributed by atoms with Gasteiger partial charge in [-0.3, -0.25) is 14.4 Å². The summed E-state index contributed by atoms with van der Waals surface area (Å²) >= 11 is 0. The maximum atomic E-state index is 13.5. The molecule has 0 amide bonds. The quantitative estimate of drug-likeness (QED) is 0.545. The molecule has 4 aliphatic rings. The first-order chi connectivity index (χ1) is 12.8. The van der Waals surface area contributed by atoms with Gasteiger partial charge in [-0.2, -0.15) is 0 Å². The van der Waals surface area contributed by atoms with Gasteiger partial charge in [-0.05, 0) is 56.9 Å². The first kappa shape index (κ1) is 18.7. The molecule has 0 aromatic heterocycles. The van der Waals surface area contributed by atoms with Gasteiger partial charge in [0.05, 0.1) is 6.10 Å². The summed E-state index contributed by atoms with van der Waals surface area (Å²) in [6.07, 6.45) is 5.82. The maximum Gasteiger partial charge on any atom is 0.303 e. The van der Waals surface area contributed by atoms with Crippen LogP contribution in [-0.4, -0.2) is 41.6 Å². The van der Waals surface area contributed by atoms with Crippen molar-refractivity contribution in [2.24, 2.45) is 17.8 Å². The molecule has 0 N–H and O–H groups in total. The van der Waals surface area contributed by atoms with Gasteiger partial charge in [-0.1, -0.05) is 6.08 Å². The molecular weight excluding hydrogens is 348 g/mol. The topological polar surface area (TPSA) is 78.9 Å². The van der Waals surface area contributed by atoms with E-state index in [1.165, 1.54) is 13.8 Å². The van der Waals surface area contributed by atoms with Crippen LogP contribution in [0.3, 0.4) is 0 Å². The van der Waals surface area contributed by atoms with E-state index in [9.17, 15) is 14.4 Å². The number of hydrogen-bond donors (Lipinski definition) is 0. The van der Waals surface area contributed by atoms with E-state index in [1.54, 1.807) is 0 Å². The van der Waals surface area contributed by atoms with E-state index in [-0.39, 0.29) is 35.8 Å². The Morgan fingerprint density at radius 1 is 1.19 bits per heavy atom. The second-order valence-corrected chi connectivity index (χ2v) is 8.56. The predicted octanol–water partition coefficient (Wildman–Crippen LogP) is 2.73. The van der Waals surface area contributed by atoms with E-state index in [4.69, 9.17) is 14.2 Å². The van der Waals surface area contributed by atoms with Gasteiger partial charge in [-0.25, -0.2) is 0 Å². The van der Waals surface area contributed by atoms with Crippen molar-refractivity contribution >= 4 is 17.7 Å². The average Bonchev–Trinajstić information content (AvgIpc) is 2.60. The maximum absolute atomic E-state index is 13.5. The van der Waals surface area contributed by atoms with Crippen molar-refractivity contribution in [3.05, 3.63) is 11.6 Å². The minimum absolute atomic E-state index is 0.0362. The summed E-state index contributed by atoms with van der Waals surface area (Å²) in [7, 11) is 0. The van der Waals surface area contributed by atoms with Crippen LogP contribution in [0.2, 0.25) is 0 Å². The molecule has 3 aliphatic carbocycles. The Hall–Kier alpha value is -1.69. The van der Waals surface area contributed by atoms with E-state index in [2.05, 4.69) is 6.08 Å². The van der Waals surface area contributed by atoms with Gasteiger partial charge in [0.1, 0.15) is 6.10 Å². The smallest absolute Gasteiger partial charge is 0.303 e. The second-order valence-electron chi connectivity index (χ2n) is 8.56. The minimum Gasteiger partial charge on any atom is -0.453 e. The van der Waals surface area contributed by atoms with Crippen LogP contribution >= 0.6 is 0 Å². The van der Waals surface area contributed by atoms with E-state index >= 15 is 0 Å². The van der Waals surface area contributed by atoms with Gasteiger partial charge in [0.15, 0.2) is 17.5 Å². The van der Waals surface area contributed by atoms with Gasteiger partial charge in [0.2, 0.25) is 0 Å². The van der Waals surface area contributed by atoms with Crippen molar-refractivity contribution in [2.45, 2.75) is 83.2 Å². The van der Waals surface area contributed by atoms with Crippen LogP contribution in [0.15, 0.2) is 11.6 Å². The number of hydrogen-bond acceptors (Lipinski definition) is 6. The molecular formula is C21H28O6. The Bertz CT molecular complexity index is 697. The third kappa shape index (κ3) is 2.93. The molecule has 7 unspecified atom stereocenters. The number of carbonyl (C=O) groups is 3. The van der Waals surface area contributed by atoms with Crippen LogP contribution in [-0.2, 0) is 28.6 Å². The Kier molecular flexibility index (Phi) is 4.65. The zero-order valence-electron chi connectivity index (χ0n) is 16.2. The number of esters is 2. The number of rotatable bonds is 2. The summed E-state index contributed by atoms with van der Waals surface area (Å²) in [5.74, 6) is -0.753. The van der Waals surface area contributed by atoms with Crippen LogP contribution in [0.5, 0.6) is 0 Å². The van der Waals surface area contributed by atoms with Gasteiger partial charge in [0.25, 0.3) is 0 Å². The lowest BCUT2D eigenvalue weighted by Crippen LogP contribution is -2.74. The lowest BCUT2D eigenvalue weighted by molar-refractivity contribution is -0.331. The standard InChI is InChI=1S/C21H28O6/c1-11-21(27-13(3)23)17-10-14-5-4-6-15(9-14)20(26-12(2)22)19(24)16(17)7-8-18(21)25-11/h6,11,14,16-18,20H,4-5,7-10H2,1-3H3. The fourth-order valence-electron chi connectivity index (χ4n) is 5.97. The van der Waals surface area contributed by atoms with Gasteiger partial charge in [-0.15, -0.1) is 0 Å². The van der Waals surface area contributed by atoms with Crippen LogP contribution in [0.1, 0.15) is 59.3 Å². The lowest BCUT2D eigenvalue weighted by atomic mass is 9.56. The highest BCUT2D eigenvalue weighted by Crippen LogP contribution is 2.56. The van der Waals surface area contributed by atoms with Crippen molar-refractivity contribution in [1.82, 2.24) is 0 Å². The zero-order valence-corrected chi connectivity index (χ0v) is 16.2. The monoisotopic (exact) mass is 376 g/mol. The number of carbonyl (C=O) groups excluding carboxylic acids is 3. The van der Waals surface area contributed by atoms with Crippen molar-refractivity contribution in [2.75, 3.05) is 0 Å². The fraction of sp³-hybridized carbons (Fsp3) is 0.762. The molecule has 0 radical (unpaired) electrons. The summed E-state index contributed by atoms with van der Waals surface area (Å²) < 4.78 is 17.3. The lowest BCUT2D eigenvalue weighted by Gasteiger charge is -2.62. The highest BCUT2D eigenvalue weighted by atomic mass is 16.6. The summed E-state index contributed by atoms with van der Waals surface area (Å²) in [4.78, 5) is 37.1. The third-order valence-corrected chi connectivity index (χ3v) is 6.97. The summed E-state index contributed by atoms with van der Waals surface area (Å²) in [6, 6.07) is 0. The van der Waals surface area contributed by atoms with Gasteiger partial charge >= 0.3 is 11.9 Å². The van der Waals surface area contributed by atoms with Crippen LogP contribution in [0, 0.1) is 17.8 Å². The first-order valence-electron chi connectivity index (χ1n) is 10.1. The summed E-state index contributed by atoms with van der Waals surface area (Å²) in [6.45, 7) is 4.71. The highest BCUT2D eigenvalue weighted by molar-refractivity contribution is 5.91. The van der Waals surface area contributed by atoms with Crippen molar-refractivity contribution < 1.29 is 28.6 Å². The van der Waals surface area contributed by atoms with Crippen LogP contribution < -0.4 is 0 Å². The average molecular weight is 376 g/mol. The third-order valence-electron chi connectivity index (χ3n) is 6.97. The number of ketones is 1. The normalized spacial score (nSPS) is 43.1. The predicted molar refractivity (Wildman–Crippen MR) is 95.6 cm³/mol. The Morgan fingerprint density at radius 3 is 2.63 bits per heavy atom. The molecule has 1 saturated heterocycles. The number of Topliss-reactive ketones (excluding diaryl/α,β-unsaturated/α-hetero) is 1. The number of allylic oxidation sites excluding steroid dienone is 1. The molecule has 4 rings (SSSR count). The SMILES string of the molecule is CC(=O)OC1C(=O)C2CCC3OC(C)C3(OC(C)=O)C2CC2CCC=C1C2. The van der Waals surface area contributed by atoms with Crippen molar-refractivity contribution in [1.29, 1.82) is 0 Å². The molecule has 148 valence electrons. The van der Waals surface area contributed by atoms with Crippen LogP contribution in [0.4, 0.5) is 0 Å². The molecule has 7 atom stereocenters. The molecule has 0 aromatic carbocycles. The molecule has 0 spiro atoms. The Balaban J connectivity index is 1.74. The van der Waals surface area contributed by atoms with E-state index in [1.807, 2.05) is 6.92 Å². The second kappa shape index (κ2) is 6.73. The molecule has 2 saturated carbocycles. The molecule has 6 heteroatoms. The molecule has 1 aliphatic heterocycles. The number of ether oxygens (including phenoxy) is 3. The van der Waals surface area contributed by atoms with Crippen molar-refractivity contribution in [3.8, 4) is 0 Å². The van der Waals surface area contributed by atoms with Gasteiger partial charge < -0.3 is 14.2 Å². The molecule has 0 aromatic rings. The zero-order chi connectivity index (χ0) is 19.3. The number of fused-ring (bicyclic) bond motifs is 5. The van der Waals surface area contributed by atoms with Crippen LogP contribution in [0.25, 0.3) is 0 Å². The Labute approximate surface area is 159 Å². The first-order valence-corrected chi connectivity index (χ1v) is 10.1. The fourth-order valence-corrected chi connectivity index (χ4v) is 5.97. The summed E-state index contributed by atoms with van der Waals surface area (Å²) in [5, 5.41) is 0. The van der Waals surface area contributed by atoms with E-state index in [0.717, 1.165) is 31.3 Å². The van der Waals surface area contributed by atoms with Gasteiger partial charge in [0, 0.05) is 25.7 Å². The Morgan fingerprint density at radius 2 is 1.96 bits per heavy atom. The molecule has 6 nitrogen and oxygen atoms in total. The van der Waals surface area contributed by atoms with E-state index in [0.29, 0.717) is 18.8 Å². The highest BCUT2D eigenvalue weighted by Gasteiger charge is 2.67. The molecule has 3 fully saturated rings. The van der Waals surface area contributed by atoms with E-state index < -0.39 is 17.7 Å².